The summed E-state index contributed by atoms with van der Waals surface area (Å²) in [5, 5.41) is 0. The quantitative estimate of drug-likeness (QED) is 0.261. The van der Waals surface area contributed by atoms with Gasteiger partial charge in [0.1, 0.15) is 12.9 Å². The first-order valence-electron chi connectivity index (χ1n) is 11.4. The van der Waals surface area contributed by atoms with E-state index < -0.39 is 0 Å². The van der Waals surface area contributed by atoms with Gasteiger partial charge in [0.2, 0.25) is 5.69 Å². The fourth-order valence-electron chi connectivity index (χ4n) is 6.04. The van der Waals surface area contributed by atoms with E-state index in [2.05, 4.69) is 81.9 Å². The fraction of sp³-hybridized carbons (Fsp3) is 0.233. The molecule has 4 aromatic rings. The standard InChI is InChI=1S/C30H27FN/c1-16-11-18(3)19(4)22(12-16)30-26-14-24-23-13-20-8-6-7-17(2)28(20)25(23)15-27(31)29(24)21(26)9-10-32(30)5/h6-12,15H,13-14H2,1-5H3/q+1. The molecule has 0 N–H and O–H groups in total. The van der Waals surface area contributed by atoms with Crippen molar-refractivity contribution < 1.29 is 8.96 Å². The lowest BCUT2D eigenvalue weighted by Gasteiger charge is -2.12. The van der Waals surface area contributed by atoms with E-state index in [0.29, 0.717) is 0 Å². The van der Waals surface area contributed by atoms with Gasteiger partial charge >= 0.3 is 0 Å². The zero-order valence-corrected chi connectivity index (χ0v) is 19.4. The van der Waals surface area contributed by atoms with Crippen LogP contribution in [0.4, 0.5) is 4.39 Å². The number of rotatable bonds is 1. The summed E-state index contributed by atoms with van der Waals surface area (Å²) < 4.78 is 17.9. The molecule has 2 aliphatic rings. The third-order valence-electron chi connectivity index (χ3n) is 7.61. The summed E-state index contributed by atoms with van der Waals surface area (Å²) in [6.07, 6.45) is 3.77. The molecule has 0 bridgehead atoms. The van der Waals surface area contributed by atoms with Gasteiger partial charge in [-0.2, -0.15) is 0 Å². The van der Waals surface area contributed by atoms with Crippen LogP contribution in [0.2, 0.25) is 0 Å². The number of hydrogen-bond acceptors (Lipinski definition) is 0. The smallest absolute Gasteiger partial charge is 0.206 e. The van der Waals surface area contributed by atoms with Crippen LogP contribution in [0.1, 0.15) is 44.5 Å². The third-order valence-corrected chi connectivity index (χ3v) is 7.61. The first kappa shape index (κ1) is 19.4. The Labute approximate surface area is 189 Å². The van der Waals surface area contributed by atoms with Crippen molar-refractivity contribution in [2.75, 3.05) is 0 Å². The van der Waals surface area contributed by atoms with Crippen molar-refractivity contribution in [3.63, 3.8) is 0 Å². The summed E-state index contributed by atoms with van der Waals surface area (Å²) in [4.78, 5) is 0. The van der Waals surface area contributed by atoms with Crippen molar-refractivity contribution in [2.24, 2.45) is 7.05 Å². The second-order valence-electron chi connectivity index (χ2n) is 9.62. The minimum absolute atomic E-state index is 0.0921. The van der Waals surface area contributed by atoms with Crippen molar-refractivity contribution >= 4 is 0 Å². The van der Waals surface area contributed by atoms with E-state index >= 15 is 4.39 Å². The molecule has 0 radical (unpaired) electrons. The summed E-state index contributed by atoms with van der Waals surface area (Å²) in [6, 6.07) is 14.9. The zero-order chi connectivity index (χ0) is 22.3. The first-order valence-corrected chi connectivity index (χ1v) is 11.4. The average molecular weight is 421 g/mol. The molecule has 0 spiro atoms. The lowest BCUT2D eigenvalue weighted by molar-refractivity contribution is -0.660. The molecular weight excluding hydrogens is 393 g/mol. The van der Waals surface area contributed by atoms with E-state index in [-0.39, 0.29) is 5.82 Å². The van der Waals surface area contributed by atoms with E-state index in [1.165, 1.54) is 61.3 Å². The Morgan fingerprint density at radius 2 is 1.56 bits per heavy atom. The highest BCUT2D eigenvalue weighted by Gasteiger charge is 2.35. The number of nitrogens with zero attached hydrogens (tertiary/aromatic N) is 1. The van der Waals surface area contributed by atoms with E-state index in [0.717, 1.165) is 29.5 Å². The number of fused-ring (bicyclic) bond motifs is 7. The van der Waals surface area contributed by atoms with Crippen LogP contribution < -0.4 is 4.57 Å². The highest BCUT2D eigenvalue weighted by atomic mass is 19.1. The van der Waals surface area contributed by atoms with Crippen molar-refractivity contribution in [2.45, 2.75) is 40.5 Å². The van der Waals surface area contributed by atoms with Gasteiger partial charge in [0.25, 0.3) is 0 Å². The predicted molar refractivity (Wildman–Crippen MR) is 128 cm³/mol. The summed E-state index contributed by atoms with van der Waals surface area (Å²) in [5.41, 5.74) is 16.8. The summed E-state index contributed by atoms with van der Waals surface area (Å²) in [7, 11) is 2.11. The fourth-order valence-corrected chi connectivity index (χ4v) is 6.04. The maximum atomic E-state index is 15.7. The van der Waals surface area contributed by atoms with Crippen LogP contribution in [0.3, 0.4) is 0 Å². The van der Waals surface area contributed by atoms with Gasteiger partial charge in [0.15, 0.2) is 6.20 Å². The van der Waals surface area contributed by atoms with Crippen LogP contribution in [-0.4, -0.2) is 0 Å². The van der Waals surface area contributed by atoms with Crippen LogP contribution in [0.15, 0.2) is 48.7 Å². The van der Waals surface area contributed by atoms with Crippen LogP contribution in [0.25, 0.3) is 33.5 Å². The van der Waals surface area contributed by atoms with Crippen LogP contribution >= 0.6 is 0 Å². The molecule has 0 saturated carbocycles. The maximum Gasteiger partial charge on any atom is 0.216 e. The molecule has 3 aromatic carbocycles. The summed E-state index contributed by atoms with van der Waals surface area (Å²) in [5.74, 6) is -0.0921. The Balaban J connectivity index is 1.61. The van der Waals surface area contributed by atoms with Gasteiger partial charge in [-0.25, -0.2) is 8.96 Å². The molecule has 158 valence electrons. The molecule has 32 heavy (non-hydrogen) atoms. The SMILES string of the molecule is Cc1cc(C)c(C)c(-c2c3c(cc[n+]2C)-c2c(F)cc4c(c2C3)Cc2cccc(C)c2-4)c1. The van der Waals surface area contributed by atoms with Crippen LogP contribution in [0.5, 0.6) is 0 Å². The molecule has 2 aliphatic carbocycles. The number of aryl methyl sites for hydroxylation is 4. The molecule has 0 aliphatic heterocycles. The topological polar surface area (TPSA) is 3.88 Å². The summed E-state index contributed by atoms with van der Waals surface area (Å²) >= 11 is 0. The molecular formula is C30H27FN+. The van der Waals surface area contributed by atoms with Gasteiger partial charge in [-0.15, -0.1) is 0 Å². The van der Waals surface area contributed by atoms with Gasteiger partial charge in [-0.1, -0.05) is 29.8 Å². The Kier molecular flexibility index (Phi) is 4.02. The van der Waals surface area contributed by atoms with E-state index in [4.69, 9.17) is 0 Å². The van der Waals surface area contributed by atoms with Crippen LogP contribution in [-0.2, 0) is 19.9 Å². The van der Waals surface area contributed by atoms with Gasteiger partial charge < -0.3 is 0 Å². The second kappa shape index (κ2) is 6.62. The molecule has 1 nitrogen and oxygen atoms in total. The normalized spacial score (nSPS) is 13.1. The Morgan fingerprint density at radius 1 is 0.750 bits per heavy atom. The van der Waals surface area contributed by atoms with Crippen molar-refractivity contribution in [3.8, 4) is 33.5 Å². The van der Waals surface area contributed by atoms with Crippen molar-refractivity contribution in [1.29, 1.82) is 0 Å². The molecule has 0 fully saturated rings. The second-order valence-corrected chi connectivity index (χ2v) is 9.62. The van der Waals surface area contributed by atoms with E-state index in [9.17, 15) is 0 Å². The highest BCUT2D eigenvalue weighted by Crippen LogP contribution is 2.50. The molecule has 0 saturated heterocycles. The molecule has 0 unspecified atom stereocenters. The van der Waals surface area contributed by atoms with Crippen molar-refractivity contribution in [1.82, 2.24) is 0 Å². The number of halogens is 1. The van der Waals surface area contributed by atoms with Gasteiger partial charge in [0.05, 0.1) is 0 Å². The third kappa shape index (κ3) is 2.53. The zero-order valence-electron chi connectivity index (χ0n) is 19.4. The number of benzene rings is 3. The molecule has 6 rings (SSSR count). The van der Waals surface area contributed by atoms with Gasteiger partial charge in [-0.05, 0) is 90.8 Å². The van der Waals surface area contributed by atoms with E-state index in [1.54, 1.807) is 6.07 Å². The maximum absolute atomic E-state index is 15.7. The predicted octanol–water partition coefficient (Wildman–Crippen LogP) is 6.69. The first-order chi connectivity index (χ1) is 15.3. The monoisotopic (exact) mass is 420 g/mol. The van der Waals surface area contributed by atoms with Gasteiger partial charge in [0, 0.05) is 34.7 Å². The largest absolute Gasteiger partial charge is 0.216 e. The molecule has 1 aromatic heterocycles. The Morgan fingerprint density at radius 3 is 2.38 bits per heavy atom. The number of pyridine rings is 1. The molecule has 0 amide bonds. The Hall–Kier alpha value is -3.26. The molecule has 1 heterocycles. The van der Waals surface area contributed by atoms with Crippen molar-refractivity contribution in [3.05, 3.63) is 99.0 Å². The lowest BCUT2D eigenvalue weighted by Crippen LogP contribution is -2.32. The Bertz CT molecular complexity index is 1480. The van der Waals surface area contributed by atoms with E-state index in [1.807, 2.05) is 0 Å². The van der Waals surface area contributed by atoms with Crippen LogP contribution in [0, 0.1) is 33.5 Å². The minimum Gasteiger partial charge on any atom is -0.206 e. The average Bonchev–Trinajstić information content (AvgIpc) is 3.31. The molecule has 2 heteroatoms. The van der Waals surface area contributed by atoms with Gasteiger partial charge in [-0.3, -0.25) is 0 Å². The summed E-state index contributed by atoms with van der Waals surface area (Å²) in [6.45, 7) is 8.66. The minimum atomic E-state index is -0.0921. The number of aromatic nitrogens is 1. The lowest BCUT2D eigenvalue weighted by atomic mass is 9.93. The molecule has 0 atom stereocenters. The highest BCUT2D eigenvalue weighted by molar-refractivity contribution is 5.90. The number of hydrogen-bond donors (Lipinski definition) is 0.